The van der Waals surface area contributed by atoms with Crippen LogP contribution in [0.1, 0.15) is 71.6 Å². The van der Waals surface area contributed by atoms with Crippen molar-refractivity contribution < 1.29 is 18.1 Å². The second-order valence-electron chi connectivity index (χ2n) is 10.4. The average Bonchev–Trinajstić information content (AvgIpc) is 2.87. The first kappa shape index (κ1) is 23.7. The summed E-state index contributed by atoms with van der Waals surface area (Å²) in [6.45, 7) is 12.5. The summed E-state index contributed by atoms with van der Waals surface area (Å²) in [6.07, 6.45) is 1.91. The van der Waals surface area contributed by atoms with Crippen LogP contribution in [-0.2, 0) is 22.1 Å². The molecule has 8 heteroatoms. The quantitative estimate of drug-likeness (QED) is 0.600. The molecule has 1 aromatic rings. The number of benzene rings is 1. The third-order valence-electron chi connectivity index (χ3n) is 5.84. The highest BCUT2D eigenvalue weighted by Crippen LogP contribution is 2.54. The van der Waals surface area contributed by atoms with E-state index in [-0.39, 0.29) is 23.4 Å². The van der Waals surface area contributed by atoms with Crippen LogP contribution in [0.15, 0.2) is 16.6 Å². The minimum atomic E-state index is -1.30. The molecule has 1 amide bonds. The molecule has 3 rings (SSSR count). The van der Waals surface area contributed by atoms with Crippen LogP contribution in [0.4, 0.5) is 9.18 Å². The Balaban J connectivity index is 1.87. The average molecular weight is 503 g/mol. The van der Waals surface area contributed by atoms with Gasteiger partial charge in [-0.2, -0.15) is 0 Å². The van der Waals surface area contributed by atoms with Gasteiger partial charge in [-0.25, -0.2) is 18.1 Å². The van der Waals surface area contributed by atoms with Crippen molar-refractivity contribution in [3.8, 4) is 0 Å². The highest BCUT2D eigenvalue weighted by molar-refractivity contribution is 9.10. The van der Waals surface area contributed by atoms with Gasteiger partial charge >= 0.3 is 6.09 Å². The molecule has 1 saturated heterocycles. The first-order valence-corrected chi connectivity index (χ1v) is 12.3. The van der Waals surface area contributed by atoms with Gasteiger partial charge in [0, 0.05) is 17.6 Å². The van der Waals surface area contributed by atoms with E-state index in [1.54, 1.807) is 11.0 Å². The summed E-state index contributed by atoms with van der Waals surface area (Å²) in [5.41, 5.74) is 1.17. The Morgan fingerprint density at radius 3 is 2.37 bits per heavy atom. The molecule has 2 aliphatic rings. The molecule has 0 bridgehead atoms. The Bertz CT molecular complexity index is 855. The number of rotatable bonds is 2. The molecule has 168 valence electrons. The maximum absolute atomic E-state index is 14.2. The van der Waals surface area contributed by atoms with Crippen LogP contribution in [0.25, 0.3) is 0 Å². The molecule has 1 aromatic carbocycles. The summed E-state index contributed by atoms with van der Waals surface area (Å²) in [4.78, 5) is 14.3. The van der Waals surface area contributed by atoms with Crippen LogP contribution >= 0.6 is 15.9 Å². The minimum Gasteiger partial charge on any atom is -0.444 e. The number of hydrogen-bond acceptors (Lipinski definition) is 3. The molecular weight excluding hydrogens is 471 g/mol. The number of amides is 1. The van der Waals surface area contributed by atoms with Crippen LogP contribution in [-0.4, -0.2) is 38.6 Å². The number of carbonyl (C=O) groups is 1. The topological polar surface area (TPSA) is 58.6 Å². The van der Waals surface area contributed by atoms with E-state index in [0.29, 0.717) is 13.1 Å². The van der Waals surface area contributed by atoms with Crippen molar-refractivity contribution in [3.63, 3.8) is 0 Å². The second kappa shape index (κ2) is 8.17. The Labute approximate surface area is 189 Å². The van der Waals surface area contributed by atoms with Crippen molar-refractivity contribution in [3.05, 3.63) is 33.5 Å². The van der Waals surface area contributed by atoms with Crippen LogP contribution in [0, 0.1) is 11.2 Å². The van der Waals surface area contributed by atoms with Gasteiger partial charge in [-0.1, -0.05) is 15.9 Å². The Morgan fingerprint density at radius 1 is 1.23 bits per heavy atom. The molecular formula is C22H32BrFN2O3S. The molecule has 1 heterocycles. The number of hydrogen-bond donors (Lipinski definition) is 1. The number of nitrogens with one attached hydrogen (secondary N) is 1. The third-order valence-corrected chi connectivity index (χ3v) is 8.11. The van der Waals surface area contributed by atoms with E-state index in [9.17, 15) is 13.4 Å². The monoisotopic (exact) mass is 502 g/mol. The first-order valence-electron chi connectivity index (χ1n) is 10.4. The van der Waals surface area contributed by atoms with Gasteiger partial charge in [0.1, 0.15) is 11.4 Å². The summed E-state index contributed by atoms with van der Waals surface area (Å²) in [7, 11) is -1.30. The smallest absolute Gasteiger partial charge is 0.410 e. The van der Waals surface area contributed by atoms with Gasteiger partial charge in [0.15, 0.2) is 0 Å². The lowest BCUT2D eigenvalue weighted by Gasteiger charge is -2.44. The molecule has 1 aliphatic heterocycles. The van der Waals surface area contributed by atoms with Gasteiger partial charge in [0.05, 0.1) is 21.8 Å². The maximum Gasteiger partial charge on any atom is 0.410 e. The summed E-state index contributed by atoms with van der Waals surface area (Å²) >= 11 is 3.52. The van der Waals surface area contributed by atoms with Gasteiger partial charge in [-0.15, -0.1) is 0 Å². The van der Waals surface area contributed by atoms with Crippen molar-refractivity contribution in [1.82, 2.24) is 9.62 Å². The van der Waals surface area contributed by atoms with E-state index in [0.717, 1.165) is 34.9 Å². The second-order valence-corrected chi connectivity index (χ2v) is 13.2. The van der Waals surface area contributed by atoms with Crippen molar-refractivity contribution in [2.75, 3.05) is 13.1 Å². The number of likely N-dealkylation sites (tertiary alicyclic amines) is 1. The number of nitrogens with zero attached hydrogens (tertiary/aromatic N) is 1. The molecule has 0 aromatic heterocycles. The number of fused-ring (bicyclic) bond motifs is 1. The Hall–Kier alpha value is -0.990. The van der Waals surface area contributed by atoms with E-state index >= 15 is 0 Å². The Kier molecular flexibility index (Phi) is 6.45. The lowest BCUT2D eigenvalue weighted by Crippen LogP contribution is -2.49. The standard InChI is InChI=1S/C22H32BrFN2O3S/c1-20(2,3)29-19(27)26-9-7-22(8-10-26)13-16-15(11-14(24)12-17(16)23)18(22)25-30(28)21(4,5)6/h11-12,18,25H,7-10,13H2,1-6H3/t18-,30?/m1/s1. The zero-order valence-electron chi connectivity index (χ0n) is 18.6. The highest BCUT2D eigenvalue weighted by Gasteiger charge is 2.50. The highest BCUT2D eigenvalue weighted by atomic mass is 79.9. The van der Waals surface area contributed by atoms with Crippen molar-refractivity contribution >= 4 is 33.0 Å². The molecule has 30 heavy (non-hydrogen) atoms. The normalized spacial score (nSPS) is 22.1. The fraction of sp³-hybridized carbons (Fsp3) is 0.682. The van der Waals surface area contributed by atoms with Crippen molar-refractivity contribution in [2.24, 2.45) is 5.41 Å². The minimum absolute atomic E-state index is 0.224. The summed E-state index contributed by atoms with van der Waals surface area (Å²) in [6, 6.07) is 2.82. The van der Waals surface area contributed by atoms with Crippen LogP contribution in [0.2, 0.25) is 0 Å². The fourth-order valence-corrected chi connectivity index (χ4v) is 5.78. The molecule has 1 unspecified atom stereocenters. The van der Waals surface area contributed by atoms with Crippen molar-refractivity contribution in [2.45, 2.75) is 77.2 Å². The largest absolute Gasteiger partial charge is 0.444 e. The molecule has 1 N–H and O–H groups in total. The maximum atomic E-state index is 14.2. The van der Waals surface area contributed by atoms with Gasteiger partial charge in [-0.3, -0.25) is 0 Å². The van der Waals surface area contributed by atoms with E-state index in [2.05, 4.69) is 20.7 Å². The van der Waals surface area contributed by atoms with E-state index in [4.69, 9.17) is 4.74 Å². The molecule has 0 radical (unpaired) electrons. The molecule has 1 aliphatic carbocycles. The predicted molar refractivity (Wildman–Crippen MR) is 121 cm³/mol. The van der Waals surface area contributed by atoms with E-state index in [1.165, 1.54) is 6.07 Å². The summed E-state index contributed by atoms with van der Waals surface area (Å²) in [5.74, 6) is -0.308. The zero-order valence-corrected chi connectivity index (χ0v) is 21.0. The van der Waals surface area contributed by atoms with Gasteiger partial charge in [0.2, 0.25) is 0 Å². The Morgan fingerprint density at radius 2 is 1.83 bits per heavy atom. The van der Waals surface area contributed by atoms with Gasteiger partial charge in [-0.05, 0) is 89.5 Å². The number of piperidine rings is 1. The zero-order chi connectivity index (χ0) is 22.5. The van der Waals surface area contributed by atoms with Crippen molar-refractivity contribution in [1.29, 1.82) is 0 Å². The lowest BCUT2D eigenvalue weighted by atomic mass is 9.73. The number of halogens is 2. The molecule has 0 saturated carbocycles. The first-order chi connectivity index (χ1) is 13.7. The SMILES string of the molecule is CC(C)(C)OC(=O)N1CCC2(CC1)Cc1c(Br)cc(F)cc1[C@H]2NS(=O)C(C)(C)C. The summed E-state index contributed by atoms with van der Waals surface area (Å²) < 4.78 is 36.4. The van der Waals surface area contributed by atoms with E-state index in [1.807, 2.05) is 41.5 Å². The van der Waals surface area contributed by atoms with Crippen LogP contribution in [0.3, 0.4) is 0 Å². The van der Waals surface area contributed by atoms with Gasteiger partial charge < -0.3 is 9.64 Å². The van der Waals surface area contributed by atoms with Crippen LogP contribution < -0.4 is 4.72 Å². The molecule has 5 nitrogen and oxygen atoms in total. The third kappa shape index (κ3) is 4.91. The molecule has 1 fully saturated rings. The van der Waals surface area contributed by atoms with Crippen LogP contribution in [0.5, 0.6) is 0 Å². The summed E-state index contributed by atoms with van der Waals surface area (Å²) in [5, 5.41) is 0. The fourth-order valence-electron chi connectivity index (χ4n) is 4.25. The lowest BCUT2D eigenvalue weighted by molar-refractivity contribution is 0.00723. The molecule has 2 atom stereocenters. The number of ether oxygens (including phenoxy) is 1. The van der Waals surface area contributed by atoms with Gasteiger partial charge in [0.25, 0.3) is 0 Å². The van der Waals surface area contributed by atoms with E-state index < -0.39 is 21.3 Å². The predicted octanol–water partition coefficient (Wildman–Crippen LogP) is 5.25. The molecule has 1 spiro atoms. The number of carbonyl (C=O) groups excluding carboxylic acids is 1.